The van der Waals surface area contributed by atoms with Gasteiger partial charge in [0, 0.05) is 12.2 Å². The Hall–Kier alpha value is -2.03. The second-order valence-electron chi connectivity index (χ2n) is 4.26. The Bertz CT molecular complexity index is 497. The zero-order valence-corrected chi connectivity index (χ0v) is 10.2. The quantitative estimate of drug-likeness (QED) is 0.624. The van der Waals surface area contributed by atoms with E-state index in [9.17, 15) is 4.39 Å². The lowest BCUT2D eigenvalue weighted by Gasteiger charge is -2.08. The summed E-state index contributed by atoms with van der Waals surface area (Å²) in [5.74, 6) is -0.297. The molecule has 0 saturated heterocycles. The van der Waals surface area contributed by atoms with Crippen molar-refractivity contribution < 1.29 is 4.39 Å². The Kier molecular flexibility index (Phi) is 4.18. The molecule has 0 aliphatic carbocycles. The zero-order valence-electron chi connectivity index (χ0n) is 10.2. The van der Waals surface area contributed by atoms with Crippen LogP contribution < -0.4 is 11.1 Å². The fourth-order valence-electron chi connectivity index (χ4n) is 1.83. The summed E-state index contributed by atoms with van der Waals surface area (Å²) in [6.45, 7) is 0.746. The summed E-state index contributed by atoms with van der Waals surface area (Å²) in [7, 11) is 0. The van der Waals surface area contributed by atoms with Crippen molar-refractivity contribution in [1.82, 2.24) is 0 Å². The lowest BCUT2D eigenvalue weighted by molar-refractivity contribution is 0.630. The van der Waals surface area contributed by atoms with Gasteiger partial charge in [0.1, 0.15) is 5.82 Å². The fourth-order valence-corrected chi connectivity index (χ4v) is 1.83. The van der Waals surface area contributed by atoms with Crippen LogP contribution in [0.5, 0.6) is 0 Å². The molecule has 0 amide bonds. The molecule has 0 spiro atoms. The lowest BCUT2D eigenvalue weighted by atomic mass is 10.1. The maximum absolute atomic E-state index is 13.5. The number of aryl methyl sites for hydroxylation is 1. The highest BCUT2D eigenvalue weighted by Gasteiger charge is 2.01. The number of nitrogens with one attached hydrogen (secondary N) is 1. The summed E-state index contributed by atoms with van der Waals surface area (Å²) in [6, 6.07) is 15.0. The van der Waals surface area contributed by atoms with Gasteiger partial charge >= 0.3 is 0 Å². The number of nitrogens with two attached hydrogens (primary N) is 1. The smallest absolute Gasteiger partial charge is 0.148 e. The Labute approximate surface area is 107 Å². The summed E-state index contributed by atoms with van der Waals surface area (Å²) in [6.07, 6.45) is 1.96. The Morgan fingerprint density at radius 3 is 2.56 bits per heavy atom. The van der Waals surface area contributed by atoms with Crippen molar-refractivity contribution in [3.05, 3.63) is 59.9 Å². The van der Waals surface area contributed by atoms with Crippen LogP contribution in [-0.4, -0.2) is 6.54 Å². The average molecular weight is 244 g/mol. The molecule has 0 aromatic heterocycles. The van der Waals surface area contributed by atoms with Gasteiger partial charge in [-0.2, -0.15) is 0 Å². The molecule has 2 nitrogen and oxygen atoms in total. The largest absolute Gasteiger partial charge is 0.399 e. The minimum Gasteiger partial charge on any atom is -0.399 e. The topological polar surface area (TPSA) is 38.0 Å². The van der Waals surface area contributed by atoms with Crippen LogP contribution in [0.3, 0.4) is 0 Å². The third-order valence-electron chi connectivity index (χ3n) is 2.79. The molecule has 94 valence electrons. The minimum atomic E-state index is -0.297. The minimum absolute atomic E-state index is 0.297. The number of hydrogen-bond acceptors (Lipinski definition) is 2. The molecule has 3 heteroatoms. The van der Waals surface area contributed by atoms with Gasteiger partial charge in [-0.3, -0.25) is 0 Å². The standard InChI is InChI=1S/C15H17FN2/c16-14-11-13(17)8-9-15(14)18-10-4-7-12-5-2-1-3-6-12/h1-3,5-6,8-9,11,18H,4,7,10,17H2. The normalized spacial score (nSPS) is 10.3. The molecule has 3 N–H and O–H groups in total. The molecule has 0 aliphatic heterocycles. The maximum Gasteiger partial charge on any atom is 0.148 e. The summed E-state index contributed by atoms with van der Waals surface area (Å²) < 4.78 is 13.5. The SMILES string of the molecule is Nc1ccc(NCCCc2ccccc2)c(F)c1. The van der Waals surface area contributed by atoms with E-state index in [-0.39, 0.29) is 5.82 Å². The van der Waals surface area contributed by atoms with Gasteiger partial charge in [-0.25, -0.2) is 4.39 Å². The maximum atomic E-state index is 13.5. The average Bonchev–Trinajstić information content (AvgIpc) is 2.38. The molecular formula is C15H17FN2. The first-order chi connectivity index (χ1) is 8.75. The van der Waals surface area contributed by atoms with Crippen LogP contribution in [0.15, 0.2) is 48.5 Å². The number of halogens is 1. The van der Waals surface area contributed by atoms with Crippen molar-refractivity contribution in [3.8, 4) is 0 Å². The van der Waals surface area contributed by atoms with Crippen LogP contribution in [0.25, 0.3) is 0 Å². The van der Waals surface area contributed by atoms with Crippen molar-refractivity contribution in [2.75, 3.05) is 17.6 Å². The van der Waals surface area contributed by atoms with Gasteiger partial charge in [0.25, 0.3) is 0 Å². The summed E-state index contributed by atoms with van der Waals surface area (Å²) in [5, 5.41) is 3.08. The summed E-state index contributed by atoms with van der Waals surface area (Å²) in [5.41, 5.74) is 7.75. The van der Waals surface area contributed by atoms with Gasteiger partial charge in [0.15, 0.2) is 0 Å². The molecule has 0 saturated carbocycles. The van der Waals surface area contributed by atoms with Gasteiger partial charge < -0.3 is 11.1 Å². The highest BCUT2D eigenvalue weighted by molar-refractivity contribution is 5.52. The first-order valence-corrected chi connectivity index (χ1v) is 6.08. The highest BCUT2D eigenvalue weighted by atomic mass is 19.1. The second kappa shape index (κ2) is 6.05. The van der Waals surface area contributed by atoms with Crippen LogP contribution in [0.4, 0.5) is 15.8 Å². The molecule has 0 heterocycles. The molecule has 2 aromatic carbocycles. The molecule has 0 atom stereocenters. The Balaban J connectivity index is 1.79. The summed E-state index contributed by atoms with van der Waals surface area (Å²) >= 11 is 0. The second-order valence-corrected chi connectivity index (χ2v) is 4.26. The molecule has 0 radical (unpaired) electrons. The van der Waals surface area contributed by atoms with Crippen LogP contribution in [0.2, 0.25) is 0 Å². The molecule has 0 fully saturated rings. The molecular weight excluding hydrogens is 227 g/mol. The zero-order chi connectivity index (χ0) is 12.8. The van der Waals surface area contributed by atoms with Crippen LogP contribution in [0.1, 0.15) is 12.0 Å². The highest BCUT2D eigenvalue weighted by Crippen LogP contribution is 2.16. The molecule has 2 rings (SSSR count). The molecule has 0 bridgehead atoms. The van der Waals surface area contributed by atoms with Crippen molar-refractivity contribution >= 4 is 11.4 Å². The van der Waals surface area contributed by atoms with E-state index >= 15 is 0 Å². The fraction of sp³-hybridized carbons (Fsp3) is 0.200. The lowest BCUT2D eigenvalue weighted by Crippen LogP contribution is -2.05. The van der Waals surface area contributed by atoms with Gasteiger partial charge in [-0.05, 0) is 36.6 Å². The van der Waals surface area contributed by atoms with Crippen molar-refractivity contribution in [2.24, 2.45) is 0 Å². The van der Waals surface area contributed by atoms with E-state index in [2.05, 4.69) is 17.4 Å². The van der Waals surface area contributed by atoms with E-state index in [0.717, 1.165) is 19.4 Å². The number of nitrogen functional groups attached to an aromatic ring is 1. The number of rotatable bonds is 5. The van der Waals surface area contributed by atoms with Gasteiger partial charge in [0.05, 0.1) is 5.69 Å². The van der Waals surface area contributed by atoms with E-state index in [1.165, 1.54) is 11.6 Å². The van der Waals surface area contributed by atoms with Crippen LogP contribution in [-0.2, 0) is 6.42 Å². The van der Waals surface area contributed by atoms with Crippen molar-refractivity contribution in [2.45, 2.75) is 12.8 Å². The van der Waals surface area contributed by atoms with E-state index in [4.69, 9.17) is 5.73 Å². The predicted molar refractivity (Wildman–Crippen MR) is 74.1 cm³/mol. The van der Waals surface area contributed by atoms with Gasteiger partial charge in [0.2, 0.25) is 0 Å². The Morgan fingerprint density at radius 2 is 1.83 bits per heavy atom. The molecule has 0 unspecified atom stereocenters. The van der Waals surface area contributed by atoms with Crippen molar-refractivity contribution in [3.63, 3.8) is 0 Å². The van der Waals surface area contributed by atoms with Crippen LogP contribution in [0, 0.1) is 5.82 Å². The molecule has 2 aromatic rings. The molecule has 18 heavy (non-hydrogen) atoms. The van der Waals surface area contributed by atoms with E-state index in [1.54, 1.807) is 12.1 Å². The van der Waals surface area contributed by atoms with Crippen LogP contribution >= 0.6 is 0 Å². The number of anilines is 2. The van der Waals surface area contributed by atoms with Gasteiger partial charge in [-0.1, -0.05) is 30.3 Å². The predicted octanol–water partition coefficient (Wildman–Crippen LogP) is 3.45. The van der Waals surface area contributed by atoms with E-state index < -0.39 is 0 Å². The number of hydrogen-bond donors (Lipinski definition) is 2. The number of benzene rings is 2. The third kappa shape index (κ3) is 3.48. The molecule has 0 aliphatic rings. The van der Waals surface area contributed by atoms with Crippen molar-refractivity contribution in [1.29, 1.82) is 0 Å². The third-order valence-corrected chi connectivity index (χ3v) is 2.79. The summed E-state index contributed by atoms with van der Waals surface area (Å²) in [4.78, 5) is 0. The van der Waals surface area contributed by atoms with Gasteiger partial charge in [-0.15, -0.1) is 0 Å². The first-order valence-electron chi connectivity index (χ1n) is 6.08. The first kappa shape index (κ1) is 12.4. The Morgan fingerprint density at radius 1 is 1.06 bits per heavy atom. The van der Waals surface area contributed by atoms with E-state index in [0.29, 0.717) is 11.4 Å². The van der Waals surface area contributed by atoms with E-state index in [1.807, 2.05) is 18.2 Å². The monoisotopic (exact) mass is 244 g/mol.